The van der Waals surface area contributed by atoms with Gasteiger partial charge in [-0.25, -0.2) is 0 Å². The number of anilines is 1. The second-order valence-corrected chi connectivity index (χ2v) is 6.12. The van der Waals surface area contributed by atoms with E-state index in [4.69, 9.17) is 4.74 Å². The number of hydrogen-bond donors (Lipinski definition) is 1. The summed E-state index contributed by atoms with van der Waals surface area (Å²) in [6.07, 6.45) is 3.83. The van der Waals surface area contributed by atoms with Crippen LogP contribution in [0.3, 0.4) is 0 Å². The Labute approximate surface area is 122 Å². The lowest BCUT2D eigenvalue weighted by Crippen LogP contribution is -2.45. The lowest BCUT2D eigenvalue weighted by Gasteiger charge is -2.38. The number of nitrogens with one attached hydrogen (secondary N) is 1. The molecule has 0 radical (unpaired) electrons. The van der Waals surface area contributed by atoms with Crippen LogP contribution in [0.4, 0.5) is 5.69 Å². The molecule has 1 saturated carbocycles. The van der Waals surface area contributed by atoms with Gasteiger partial charge < -0.3 is 15.0 Å². The molecule has 2 fully saturated rings. The van der Waals surface area contributed by atoms with E-state index in [1.54, 1.807) is 0 Å². The second kappa shape index (κ2) is 6.15. The van der Waals surface area contributed by atoms with Gasteiger partial charge in [0.15, 0.2) is 0 Å². The van der Waals surface area contributed by atoms with Crippen molar-refractivity contribution in [2.45, 2.75) is 51.7 Å². The largest absolute Gasteiger partial charge is 0.377 e. The van der Waals surface area contributed by atoms with E-state index in [0.717, 1.165) is 38.8 Å². The van der Waals surface area contributed by atoms with E-state index in [0.29, 0.717) is 6.04 Å². The SMILES string of the molecule is CCC1COCCN1c1ccc(C)cc1CNC1CC1. The average molecular weight is 274 g/mol. The normalized spacial score (nSPS) is 23.1. The molecule has 0 amide bonds. The van der Waals surface area contributed by atoms with Crippen LogP contribution >= 0.6 is 0 Å². The first-order valence-electron chi connectivity index (χ1n) is 7.95. The molecule has 0 spiro atoms. The number of nitrogens with zero attached hydrogens (tertiary/aromatic N) is 1. The number of morpholine rings is 1. The van der Waals surface area contributed by atoms with Crippen molar-refractivity contribution in [2.75, 3.05) is 24.7 Å². The zero-order valence-corrected chi connectivity index (χ0v) is 12.7. The Morgan fingerprint density at radius 1 is 1.35 bits per heavy atom. The summed E-state index contributed by atoms with van der Waals surface area (Å²) in [6, 6.07) is 8.15. The summed E-state index contributed by atoms with van der Waals surface area (Å²) in [5.74, 6) is 0. The molecule has 1 aromatic rings. The molecular formula is C17H26N2O. The van der Waals surface area contributed by atoms with Gasteiger partial charge in [0.2, 0.25) is 0 Å². The fourth-order valence-corrected chi connectivity index (χ4v) is 2.99. The van der Waals surface area contributed by atoms with E-state index >= 15 is 0 Å². The van der Waals surface area contributed by atoms with Crippen molar-refractivity contribution in [3.05, 3.63) is 29.3 Å². The molecule has 1 N–H and O–H groups in total. The Balaban J connectivity index is 1.81. The van der Waals surface area contributed by atoms with Crippen LogP contribution in [-0.4, -0.2) is 31.8 Å². The standard InChI is InChI=1S/C17H26N2O/c1-3-16-12-20-9-8-19(16)17-7-4-13(2)10-14(17)11-18-15-5-6-15/h4,7,10,15-16,18H,3,5-6,8-9,11-12H2,1-2H3. The van der Waals surface area contributed by atoms with Gasteiger partial charge in [-0.2, -0.15) is 0 Å². The molecule has 20 heavy (non-hydrogen) atoms. The first-order valence-corrected chi connectivity index (χ1v) is 7.95. The molecule has 0 bridgehead atoms. The van der Waals surface area contributed by atoms with E-state index in [1.807, 2.05) is 0 Å². The van der Waals surface area contributed by atoms with E-state index in [-0.39, 0.29) is 0 Å². The highest BCUT2D eigenvalue weighted by molar-refractivity contribution is 5.56. The van der Waals surface area contributed by atoms with E-state index < -0.39 is 0 Å². The zero-order valence-electron chi connectivity index (χ0n) is 12.7. The van der Waals surface area contributed by atoms with Crippen molar-refractivity contribution in [1.29, 1.82) is 0 Å². The van der Waals surface area contributed by atoms with Gasteiger partial charge in [0, 0.05) is 24.8 Å². The monoisotopic (exact) mass is 274 g/mol. The highest BCUT2D eigenvalue weighted by atomic mass is 16.5. The van der Waals surface area contributed by atoms with Crippen LogP contribution in [0.5, 0.6) is 0 Å². The number of ether oxygens (including phenoxy) is 1. The van der Waals surface area contributed by atoms with Gasteiger partial charge in [-0.05, 0) is 37.8 Å². The maximum atomic E-state index is 5.64. The van der Waals surface area contributed by atoms with Crippen LogP contribution in [0.1, 0.15) is 37.3 Å². The Kier molecular flexibility index (Phi) is 4.27. The van der Waals surface area contributed by atoms with Crippen LogP contribution in [0, 0.1) is 6.92 Å². The molecule has 1 atom stereocenters. The zero-order chi connectivity index (χ0) is 13.9. The fraction of sp³-hybridized carbons (Fsp3) is 0.647. The minimum absolute atomic E-state index is 0.520. The van der Waals surface area contributed by atoms with Gasteiger partial charge in [-0.3, -0.25) is 0 Å². The first kappa shape index (κ1) is 13.9. The molecular weight excluding hydrogens is 248 g/mol. The smallest absolute Gasteiger partial charge is 0.0670 e. The van der Waals surface area contributed by atoms with Crippen LogP contribution in [0.2, 0.25) is 0 Å². The van der Waals surface area contributed by atoms with Crippen molar-refractivity contribution >= 4 is 5.69 Å². The third-order valence-electron chi connectivity index (χ3n) is 4.40. The van der Waals surface area contributed by atoms with E-state index in [9.17, 15) is 0 Å². The topological polar surface area (TPSA) is 24.5 Å². The Morgan fingerprint density at radius 3 is 2.95 bits per heavy atom. The molecule has 1 unspecified atom stereocenters. The first-order chi connectivity index (χ1) is 9.78. The van der Waals surface area contributed by atoms with Gasteiger partial charge in [-0.1, -0.05) is 24.6 Å². The predicted octanol–water partition coefficient (Wildman–Crippen LogP) is 2.86. The Bertz CT molecular complexity index is 456. The summed E-state index contributed by atoms with van der Waals surface area (Å²) in [6.45, 7) is 8.15. The van der Waals surface area contributed by atoms with Crippen molar-refractivity contribution < 1.29 is 4.74 Å². The minimum Gasteiger partial charge on any atom is -0.377 e. The lowest BCUT2D eigenvalue weighted by atomic mass is 10.0. The summed E-state index contributed by atoms with van der Waals surface area (Å²) >= 11 is 0. The van der Waals surface area contributed by atoms with Gasteiger partial charge in [0.25, 0.3) is 0 Å². The number of hydrogen-bond acceptors (Lipinski definition) is 3. The van der Waals surface area contributed by atoms with Crippen molar-refractivity contribution in [1.82, 2.24) is 5.32 Å². The van der Waals surface area contributed by atoms with Gasteiger partial charge in [-0.15, -0.1) is 0 Å². The number of benzene rings is 1. The molecule has 2 aliphatic rings. The maximum absolute atomic E-state index is 5.64. The van der Waals surface area contributed by atoms with Crippen LogP contribution in [0.25, 0.3) is 0 Å². The molecule has 1 aliphatic carbocycles. The summed E-state index contributed by atoms with van der Waals surface area (Å²) < 4.78 is 5.64. The van der Waals surface area contributed by atoms with Crippen molar-refractivity contribution in [3.8, 4) is 0 Å². The highest BCUT2D eigenvalue weighted by Gasteiger charge is 2.25. The van der Waals surface area contributed by atoms with E-state index in [1.165, 1.54) is 29.7 Å². The second-order valence-electron chi connectivity index (χ2n) is 6.12. The van der Waals surface area contributed by atoms with Gasteiger partial charge >= 0.3 is 0 Å². The minimum atomic E-state index is 0.520. The molecule has 3 nitrogen and oxygen atoms in total. The summed E-state index contributed by atoms with van der Waals surface area (Å²) in [4.78, 5) is 2.55. The van der Waals surface area contributed by atoms with Crippen LogP contribution in [0.15, 0.2) is 18.2 Å². The lowest BCUT2D eigenvalue weighted by molar-refractivity contribution is 0.0929. The molecule has 0 aromatic heterocycles. The molecule has 3 rings (SSSR count). The van der Waals surface area contributed by atoms with Gasteiger partial charge in [0.1, 0.15) is 0 Å². The van der Waals surface area contributed by atoms with Gasteiger partial charge in [0.05, 0.1) is 19.3 Å². The fourth-order valence-electron chi connectivity index (χ4n) is 2.99. The van der Waals surface area contributed by atoms with Crippen LogP contribution in [-0.2, 0) is 11.3 Å². The molecule has 1 aromatic carbocycles. The number of aryl methyl sites for hydroxylation is 1. The van der Waals surface area contributed by atoms with Crippen LogP contribution < -0.4 is 10.2 Å². The molecule has 3 heteroatoms. The molecule has 1 heterocycles. The van der Waals surface area contributed by atoms with E-state index in [2.05, 4.69) is 42.3 Å². The predicted molar refractivity (Wildman–Crippen MR) is 83.3 cm³/mol. The third kappa shape index (κ3) is 3.15. The average Bonchev–Trinajstić information content (AvgIpc) is 3.29. The maximum Gasteiger partial charge on any atom is 0.0670 e. The van der Waals surface area contributed by atoms with Crippen molar-refractivity contribution in [3.63, 3.8) is 0 Å². The number of rotatable bonds is 5. The quantitative estimate of drug-likeness (QED) is 0.893. The summed E-state index contributed by atoms with van der Waals surface area (Å²) in [5.41, 5.74) is 4.19. The Hall–Kier alpha value is -1.06. The highest BCUT2D eigenvalue weighted by Crippen LogP contribution is 2.28. The van der Waals surface area contributed by atoms with Crippen molar-refractivity contribution in [2.24, 2.45) is 0 Å². The summed E-state index contributed by atoms with van der Waals surface area (Å²) in [5, 5.41) is 3.65. The molecule has 1 saturated heterocycles. The molecule has 1 aliphatic heterocycles. The summed E-state index contributed by atoms with van der Waals surface area (Å²) in [7, 11) is 0. The molecule has 110 valence electrons. The third-order valence-corrected chi connectivity index (χ3v) is 4.40. The Morgan fingerprint density at radius 2 is 2.20 bits per heavy atom.